The lowest BCUT2D eigenvalue weighted by atomic mass is 10.2. The quantitative estimate of drug-likeness (QED) is 0.839. The van der Waals surface area contributed by atoms with E-state index in [9.17, 15) is 0 Å². The third-order valence-corrected chi connectivity index (χ3v) is 3.07. The average Bonchev–Trinajstić information content (AvgIpc) is 2.39. The minimum atomic E-state index is 0. The highest BCUT2D eigenvalue weighted by molar-refractivity contribution is 5.85. The Morgan fingerprint density at radius 3 is 2.76 bits per heavy atom. The van der Waals surface area contributed by atoms with Crippen molar-refractivity contribution in [3.8, 4) is 0 Å². The fourth-order valence-corrected chi connectivity index (χ4v) is 2.18. The number of halogens is 1. The Labute approximate surface area is 107 Å². The highest BCUT2D eigenvalue weighted by Crippen LogP contribution is 2.20. The Bertz CT molecular complexity index is 495. The van der Waals surface area contributed by atoms with Crippen molar-refractivity contribution >= 4 is 29.0 Å². The first-order chi connectivity index (χ1) is 7.93. The molecule has 2 heterocycles. The van der Waals surface area contributed by atoms with Crippen molar-refractivity contribution in [3.63, 3.8) is 0 Å². The van der Waals surface area contributed by atoms with E-state index >= 15 is 0 Å². The van der Waals surface area contributed by atoms with Crippen LogP contribution in [0.4, 0.5) is 5.69 Å². The predicted octanol–water partition coefficient (Wildman–Crippen LogP) is 2.07. The van der Waals surface area contributed by atoms with Gasteiger partial charge in [-0.15, -0.1) is 12.4 Å². The second kappa shape index (κ2) is 5.34. The summed E-state index contributed by atoms with van der Waals surface area (Å²) in [5, 5.41) is 4.59. The zero-order valence-electron chi connectivity index (χ0n) is 9.60. The van der Waals surface area contributed by atoms with Crippen LogP contribution in [0.15, 0.2) is 36.5 Å². The number of pyridine rings is 1. The van der Waals surface area contributed by atoms with Gasteiger partial charge in [0.05, 0.1) is 5.52 Å². The molecule has 4 heteroatoms. The van der Waals surface area contributed by atoms with Crippen LogP contribution in [-0.4, -0.2) is 31.2 Å². The Balaban J connectivity index is 0.00000108. The average molecular weight is 250 g/mol. The van der Waals surface area contributed by atoms with Gasteiger partial charge < -0.3 is 10.2 Å². The first-order valence-corrected chi connectivity index (χ1v) is 5.74. The summed E-state index contributed by atoms with van der Waals surface area (Å²) in [5.41, 5.74) is 2.38. The number of aromatic nitrogens is 1. The highest BCUT2D eigenvalue weighted by atomic mass is 35.5. The van der Waals surface area contributed by atoms with Crippen LogP contribution in [0.25, 0.3) is 10.9 Å². The molecule has 0 saturated carbocycles. The molecule has 17 heavy (non-hydrogen) atoms. The van der Waals surface area contributed by atoms with E-state index < -0.39 is 0 Å². The van der Waals surface area contributed by atoms with Crippen LogP contribution in [0.1, 0.15) is 0 Å². The molecule has 0 radical (unpaired) electrons. The standard InChI is InChI=1S/C13H15N3.ClH/c1-2-11-10-12(3-4-13(11)15-5-1)16-8-6-14-7-9-16;/h1-5,10,14H,6-9H2;1H. The maximum absolute atomic E-state index is 4.34. The number of benzene rings is 1. The zero-order valence-corrected chi connectivity index (χ0v) is 10.4. The molecule has 0 atom stereocenters. The molecule has 3 nitrogen and oxygen atoms in total. The molecule has 0 aliphatic carbocycles. The molecule has 0 amide bonds. The number of nitrogens with one attached hydrogen (secondary N) is 1. The molecule has 1 aliphatic heterocycles. The molecule has 1 aromatic heterocycles. The van der Waals surface area contributed by atoms with Crippen LogP contribution in [0, 0.1) is 0 Å². The zero-order chi connectivity index (χ0) is 10.8. The number of hydrogen-bond donors (Lipinski definition) is 1. The molecule has 1 N–H and O–H groups in total. The van der Waals surface area contributed by atoms with E-state index in [4.69, 9.17) is 0 Å². The van der Waals surface area contributed by atoms with E-state index in [1.807, 2.05) is 12.3 Å². The van der Waals surface area contributed by atoms with Gasteiger partial charge in [0.15, 0.2) is 0 Å². The fraction of sp³-hybridized carbons (Fsp3) is 0.308. The lowest BCUT2D eigenvalue weighted by molar-refractivity contribution is 0.589. The summed E-state index contributed by atoms with van der Waals surface area (Å²) in [6.45, 7) is 4.33. The number of nitrogens with zero attached hydrogens (tertiary/aromatic N) is 2. The molecule has 0 unspecified atom stereocenters. The van der Waals surface area contributed by atoms with Crippen LogP contribution in [0.5, 0.6) is 0 Å². The number of hydrogen-bond acceptors (Lipinski definition) is 3. The normalized spacial score (nSPS) is 15.6. The summed E-state index contributed by atoms with van der Waals surface area (Å²) in [5.74, 6) is 0. The van der Waals surface area contributed by atoms with Gasteiger partial charge >= 0.3 is 0 Å². The highest BCUT2D eigenvalue weighted by Gasteiger charge is 2.10. The Hall–Kier alpha value is -1.32. The Kier molecular flexibility index (Phi) is 3.82. The van der Waals surface area contributed by atoms with Gasteiger partial charge in [-0.25, -0.2) is 0 Å². The van der Waals surface area contributed by atoms with Gasteiger partial charge in [-0.3, -0.25) is 4.98 Å². The van der Waals surface area contributed by atoms with E-state index in [1.165, 1.54) is 11.1 Å². The number of piperazine rings is 1. The van der Waals surface area contributed by atoms with Crippen LogP contribution in [0.3, 0.4) is 0 Å². The molecule has 2 aromatic rings. The van der Waals surface area contributed by atoms with E-state index in [-0.39, 0.29) is 12.4 Å². The minimum absolute atomic E-state index is 0. The van der Waals surface area contributed by atoms with E-state index in [2.05, 4.69) is 39.5 Å². The van der Waals surface area contributed by atoms with Crippen LogP contribution in [-0.2, 0) is 0 Å². The topological polar surface area (TPSA) is 28.2 Å². The van der Waals surface area contributed by atoms with Gasteiger partial charge in [-0.1, -0.05) is 6.07 Å². The third kappa shape index (κ3) is 2.51. The van der Waals surface area contributed by atoms with Gasteiger partial charge in [0.25, 0.3) is 0 Å². The SMILES string of the molecule is Cl.c1cnc2ccc(N3CCNCC3)cc2c1. The summed E-state index contributed by atoms with van der Waals surface area (Å²) in [4.78, 5) is 6.76. The maximum Gasteiger partial charge on any atom is 0.0703 e. The molecule has 1 saturated heterocycles. The third-order valence-electron chi connectivity index (χ3n) is 3.07. The molecular formula is C13H16ClN3. The predicted molar refractivity (Wildman–Crippen MR) is 74.1 cm³/mol. The van der Waals surface area contributed by atoms with Gasteiger partial charge in [-0.05, 0) is 24.3 Å². The van der Waals surface area contributed by atoms with Crippen molar-refractivity contribution in [2.45, 2.75) is 0 Å². The summed E-state index contributed by atoms with van der Waals surface area (Å²) in [7, 11) is 0. The second-order valence-corrected chi connectivity index (χ2v) is 4.12. The summed E-state index contributed by atoms with van der Waals surface area (Å²) in [6, 6.07) is 10.6. The van der Waals surface area contributed by atoms with Gasteiger partial charge in [0, 0.05) is 43.4 Å². The molecule has 0 bridgehead atoms. The van der Waals surface area contributed by atoms with Crippen molar-refractivity contribution in [2.75, 3.05) is 31.1 Å². The van der Waals surface area contributed by atoms with Crippen molar-refractivity contribution in [2.24, 2.45) is 0 Å². The second-order valence-electron chi connectivity index (χ2n) is 4.12. The molecule has 1 aromatic carbocycles. The summed E-state index contributed by atoms with van der Waals surface area (Å²) < 4.78 is 0. The van der Waals surface area contributed by atoms with E-state index in [0.717, 1.165) is 31.7 Å². The molecule has 0 spiro atoms. The Morgan fingerprint density at radius 1 is 1.12 bits per heavy atom. The fourth-order valence-electron chi connectivity index (χ4n) is 2.18. The first kappa shape index (κ1) is 12.1. The van der Waals surface area contributed by atoms with Crippen molar-refractivity contribution in [3.05, 3.63) is 36.5 Å². The Morgan fingerprint density at radius 2 is 1.94 bits per heavy atom. The van der Waals surface area contributed by atoms with Crippen LogP contribution >= 0.6 is 12.4 Å². The van der Waals surface area contributed by atoms with Crippen molar-refractivity contribution < 1.29 is 0 Å². The lowest BCUT2D eigenvalue weighted by Crippen LogP contribution is -2.43. The van der Waals surface area contributed by atoms with E-state index in [0.29, 0.717) is 0 Å². The number of rotatable bonds is 1. The molecular weight excluding hydrogens is 234 g/mol. The summed E-state index contributed by atoms with van der Waals surface area (Å²) >= 11 is 0. The number of anilines is 1. The largest absolute Gasteiger partial charge is 0.369 e. The van der Waals surface area contributed by atoms with Gasteiger partial charge in [-0.2, -0.15) is 0 Å². The molecule has 90 valence electrons. The molecule has 3 rings (SSSR count). The minimum Gasteiger partial charge on any atom is -0.369 e. The summed E-state index contributed by atoms with van der Waals surface area (Å²) in [6.07, 6.45) is 1.84. The van der Waals surface area contributed by atoms with Crippen molar-refractivity contribution in [1.29, 1.82) is 0 Å². The molecule has 1 fully saturated rings. The monoisotopic (exact) mass is 249 g/mol. The lowest BCUT2D eigenvalue weighted by Gasteiger charge is -2.29. The smallest absolute Gasteiger partial charge is 0.0703 e. The van der Waals surface area contributed by atoms with E-state index in [1.54, 1.807) is 0 Å². The first-order valence-electron chi connectivity index (χ1n) is 5.74. The van der Waals surface area contributed by atoms with Crippen LogP contribution in [0.2, 0.25) is 0 Å². The van der Waals surface area contributed by atoms with Gasteiger partial charge in [0.2, 0.25) is 0 Å². The number of fused-ring (bicyclic) bond motifs is 1. The van der Waals surface area contributed by atoms with Crippen molar-refractivity contribution in [1.82, 2.24) is 10.3 Å². The van der Waals surface area contributed by atoms with Crippen LogP contribution < -0.4 is 10.2 Å². The maximum atomic E-state index is 4.34. The van der Waals surface area contributed by atoms with Gasteiger partial charge in [0.1, 0.15) is 0 Å². The molecule has 1 aliphatic rings.